The van der Waals surface area contributed by atoms with Gasteiger partial charge in [-0.15, -0.1) is 0 Å². The Labute approximate surface area is 131 Å². The van der Waals surface area contributed by atoms with Gasteiger partial charge in [-0.05, 0) is 25.7 Å². The molecule has 6 nitrogen and oxygen atoms in total. The first-order valence-electron chi connectivity index (χ1n) is 8.45. The quantitative estimate of drug-likeness (QED) is 0.842. The Balaban J connectivity index is 1.57. The van der Waals surface area contributed by atoms with Crippen LogP contribution >= 0.6 is 0 Å². The highest BCUT2D eigenvalue weighted by Crippen LogP contribution is 2.33. The number of carbonyl (C=O) groups excluding carboxylic acids is 1. The largest absolute Gasteiger partial charge is 0.339 e. The molecular formula is C16H26N4O2. The molecule has 0 aromatic carbocycles. The van der Waals surface area contributed by atoms with Gasteiger partial charge in [0.05, 0.1) is 0 Å². The van der Waals surface area contributed by atoms with Crippen LogP contribution in [0.2, 0.25) is 0 Å². The van der Waals surface area contributed by atoms with Crippen molar-refractivity contribution >= 4 is 6.03 Å². The fourth-order valence-corrected chi connectivity index (χ4v) is 3.54. The second-order valence-electron chi connectivity index (χ2n) is 6.76. The number of piperidine rings is 1. The number of hydrogen-bond donors (Lipinski definition) is 0. The Morgan fingerprint density at radius 1 is 1.09 bits per heavy atom. The van der Waals surface area contributed by atoms with Crippen LogP contribution in [-0.2, 0) is 0 Å². The van der Waals surface area contributed by atoms with Crippen molar-refractivity contribution in [3.05, 3.63) is 11.7 Å². The highest BCUT2D eigenvalue weighted by Gasteiger charge is 2.29. The maximum atomic E-state index is 12.0. The van der Waals surface area contributed by atoms with E-state index in [4.69, 9.17) is 4.52 Å². The number of carbonyl (C=O) groups is 1. The Hall–Kier alpha value is -1.59. The number of urea groups is 1. The van der Waals surface area contributed by atoms with E-state index >= 15 is 0 Å². The molecule has 122 valence electrons. The van der Waals surface area contributed by atoms with Crippen molar-refractivity contribution in [2.45, 2.75) is 56.8 Å². The molecule has 1 aromatic rings. The topological polar surface area (TPSA) is 62.5 Å². The van der Waals surface area contributed by atoms with Gasteiger partial charge < -0.3 is 14.3 Å². The first-order chi connectivity index (χ1) is 10.6. The first kappa shape index (κ1) is 15.3. The molecule has 2 aliphatic rings. The molecule has 6 heteroatoms. The van der Waals surface area contributed by atoms with Crippen LogP contribution in [0.4, 0.5) is 4.79 Å². The minimum Gasteiger partial charge on any atom is -0.339 e. The van der Waals surface area contributed by atoms with Crippen LogP contribution < -0.4 is 0 Å². The van der Waals surface area contributed by atoms with Crippen LogP contribution in [0.1, 0.15) is 68.5 Å². The molecule has 0 bridgehead atoms. The maximum Gasteiger partial charge on any atom is 0.319 e. The van der Waals surface area contributed by atoms with Crippen LogP contribution in [0.5, 0.6) is 0 Å². The fourth-order valence-electron chi connectivity index (χ4n) is 3.54. The van der Waals surface area contributed by atoms with Crippen molar-refractivity contribution < 1.29 is 9.32 Å². The normalized spacial score (nSPS) is 21.1. The van der Waals surface area contributed by atoms with Crippen molar-refractivity contribution in [2.24, 2.45) is 0 Å². The summed E-state index contributed by atoms with van der Waals surface area (Å²) in [5.41, 5.74) is 0. The van der Waals surface area contributed by atoms with Crippen LogP contribution in [0.15, 0.2) is 4.52 Å². The summed E-state index contributed by atoms with van der Waals surface area (Å²) in [6, 6.07) is 0.0897. The summed E-state index contributed by atoms with van der Waals surface area (Å²) in [6.45, 7) is 1.53. The number of amides is 2. The monoisotopic (exact) mass is 306 g/mol. The van der Waals surface area contributed by atoms with Crippen LogP contribution in [-0.4, -0.2) is 53.2 Å². The lowest BCUT2D eigenvalue weighted by Gasteiger charge is -2.32. The molecule has 2 heterocycles. The summed E-state index contributed by atoms with van der Waals surface area (Å²) in [4.78, 5) is 20.2. The molecule has 0 radical (unpaired) electrons. The number of likely N-dealkylation sites (tertiary alicyclic amines) is 1. The van der Waals surface area contributed by atoms with Gasteiger partial charge in [-0.3, -0.25) is 0 Å². The first-order valence-corrected chi connectivity index (χ1v) is 8.45. The number of aromatic nitrogens is 2. The van der Waals surface area contributed by atoms with Crippen molar-refractivity contribution in [1.82, 2.24) is 19.9 Å². The zero-order valence-corrected chi connectivity index (χ0v) is 13.6. The molecule has 2 fully saturated rings. The van der Waals surface area contributed by atoms with E-state index in [0.717, 1.165) is 37.6 Å². The molecule has 0 spiro atoms. The third kappa shape index (κ3) is 3.25. The molecular weight excluding hydrogens is 280 g/mol. The summed E-state index contributed by atoms with van der Waals surface area (Å²) in [5, 5.41) is 4.22. The van der Waals surface area contributed by atoms with E-state index in [2.05, 4.69) is 10.1 Å². The molecule has 1 aliphatic heterocycles. The third-order valence-corrected chi connectivity index (χ3v) is 4.93. The van der Waals surface area contributed by atoms with E-state index in [1.54, 1.807) is 19.0 Å². The van der Waals surface area contributed by atoms with Gasteiger partial charge in [0.1, 0.15) is 0 Å². The predicted octanol–water partition coefficient (Wildman–Crippen LogP) is 2.98. The average Bonchev–Trinajstić information content (AvgIpc) is 3.05. The van der Waals surface area contributed by atoms with Crippen molar-refractivity contribution in [3.63, 3.8) is 0 Å². The van der Waals surface area contributed by atoms with Crippen LogP contribution in [0, 0.1) is 0 Å². The van der Waals surface area contributed by atoms with Gasteiger partial charge in [0.2, 0.25) is 5.89 Å². The molecule has 1 aliphatic carbocycles. The van der Waals surface area contributed by atoms with Gasteiger partial charge in [-0.1, -0.05) is 24.4 Å². The minimum atomic E-state index is 0.0897. The zero-order valence-electron chi connectivity index (χ0n) is 13.6. The zero-order chi connectivity index (χ0) is 15.5. The summed E-state index contributed by atoms with van der Waals surface area (Å²) >= 11 is 0. The van der Waals surface area contributed by atoms with Gasteiger partial charge >= 0.3 is 6.03 Å². The van der Waals surface area contributed by atoms with Gasteiger partial charge in [-0.25, -0.2) is 4.79 Å². The lowest BCUT2D eigenvalue weighted by Crippen LogP contribution is -2.43. The maximum absolute atomic E-state index is 12.0. The molecule has 0 N–H and O–H groups in total. The molecule has 2 amide bonds. The van der Waals surface area contributed by atoms with E-state index in [9.17, 15) is 4.79 Å². The van der Waals surface area contributed by atoms with Crippen molar-refractivity contribution in [2.75, 3.05) is 27.2 Å². The second-order valence-corrected chi connectivity index (χ2v) is 6.76. The van der Waals surface area contributed by atoms with Gasteiger partial charge in [-0.2, -0.15) is 4.98 Å². The van der Waals surface area contributed by atoms with Crippen LogP contribution in [0.25, 0.3) is 0 Å². The lowest BCUT2D eigenvalue weighted by atomic mass is 9.89. The summed E-state index contributed by atoms with van der Waals surface area (Å²) in [5.74, 6) is 2.47. The number of rotatable bonds is 2. The highest BCUT2D eigenvalue weighted by atomic mass is 16.5. The van der Waals surface area contributed by atoms with Gasteiger partial charge in [0, 0.05) is 39.0 Å². The second kappa shape index (κ2) is 6.67. The summed E-state index contributed by atoms with van der Waals surface area (Å²) < 4.78 is 5.53. The Bertz CT molecular complexity index is 500. The SMILES string of the molecule is CN(C)C(=O)N1CCC(c2nc(C3CCCCC3)no2)CC1. The standard InChI is InChI=1S/C16H26N4O2/c1-19(2)16(21)20-10-8-13(9-11-20)15-17-14(18-22-15)12-6-4-3-5-7-12/h12-13H,3-11H2,1-2H3. The lowest BCUT2D eigenvalue weighted by molar-refractivity contribution is 0.152. The predicted molar refractivity (Wildman–Crippen MR) is 82.8 cm³/mol. The number of hydrogen-bond acceptors (Lipinski definition) is 4. The fraction of sp³-hybridized carbons (Fsp3) is 0.812. The molecule has 22 heavy (non-hydrogen) atoms. The molecule has 1 saturated heterocycles. The molecule has 0 unspecified atom stereocenters. The third-order valence-electron chi connectivity index (χ3n) is 4.93. The van der Waals surface area contributed by atoms with E-state index < -0.39 is 0 Å². The minimum absolute atomic E-state index is 0.0897. The van der Waals surface area contributed by atoms with E-state index in [1.165, 1.54) is 32.1 Å². The molecule has 1 saturated carbocycles. The molecule has 0 atom stereocenters. The average molecular weight is 306 g/mol. The van der Waals surface area contributed by atoms with E-state index in [0.29, 0.717) is 11.8 Å². The molecule has 3 rings (SSSR count). The van der Waals surface area contributed by atoms with Gasteiger partial charge in [0.15, 0.2) is 5.82 Å². The van der Waals surface area contributed by atoms with Crippen molar-refractivity contribution in [1.29, 1.82) is 0 Å². The Morgan fingerprint density at radius 2 is 1.77 bits per heavy atom. The summed E-state index contributed by atoms with van der Waals surface area (Å²) in [6.07, 6.45) is 8.08. The highest BCUT2D eigenvalue weighted by molar-refractivity contribution is 5.73. The van der Waals surface area contributed by atoms with E-state index in [-0.39, 0.29) is 6.03 Å². The van der Waals surface area contributed by atoms with Gasteiger partial charge in [0.25, 0.3) is 0 Å². The Morgan fingerprint density at radius 3 is 2.41 bits per heavy atom. The van der Waals surface area contributed by atoms with Crippen molar-refractivity contribution in [3.8, 4) is 0 Å². The van der Waals surface area contributed by atoms with E-state index in [1.807, 2.05) is 4.90 Å². The molecule has 1 aromatic heterocycles. The number of nitrogens with zero attached hydrogens (tertiary/aromatic N) is 4. The van der Waals surface area contributed by atoms with Crippen LogP contribution in [0.3, 0.4) is 0 Å². The smallest absolute Gasteiger partial charge is 0.319 e. The summed E-state index contributed by atoms with van der Waals surface area (Å²) in [7, 11) is 3.59. The Kier molecular flexibility index (Phi) is 4.64.